The van der Waals surface area contributed by atoms with Crippen LogP contribution in [0.25, 0.3) is 22.7 Å². The van der Waals surface area contributed by atoms with Crippen molar-refractivity contribution in [1.29, 1.82) is 0 Å². The monoisotopic (exact) mass is 242 g/mol. The predicted molar refractivity (Wildman–Crippen MR) is 67.3 cm³/mol. The first-order valence-corrected chi connectivity index (χ1v) is 5.37. The SMILES string of the molecule is CNc1ccc2[nH]c(-c3ccc(=O)[nH]n3)nc2n1. The number of nitrogens with zero attached hydrogens (tertiary/aromatic N) is 3. The summed E-state index contributed by atoms with van der Waals surface area (Å²) in [5, 5.41) is 9.23. The van der Waals surface area contributed by atoms with Gasteiger partial charge in [0.1, 0.15) is 11.5 Å². The Bertz CT molecular complexity index is 739. The number of aromatic nitrogens is 5. The second kappa shape index (κ2) is 3.95. The highest BCUT2D eigenvalue weighted by atomic mass is 16.1. The Morgan fingerprint density at radius 1 is 1.17 bits per heavy atom. The highest BCUT2D eigenvalue weighted by Gasteiger charge is 2.07. The molecule has 0 fully saturated rings. The molecule has 3 aromatic rings. The molecule has 7 heteroatoms. The lowest BCUT2D eigenvalue weighted by Crippen LogP contribution is -2.05. The molecule has 0 saturated heterocycles. The van der Waals surface area contributed by atoms with Crippen LogP contribution in [0.4, 0.5) is 5.82 Å². The fraction of sp³-hybridized carbons (Fsp3) is 0.0909. The Morgan fingerprint density at radius 3 is 2.78 bits per heavy atom. The zero-order valence-corrected chi connectivity index (χ0v) is 9.56. The number of H-pyrrole nitrogens is 2. The van der Waals surface area contributed by atoms with E-state index in [1.807, 2.05) is 12.1 Å². The molecule has 0 atom stereocenters. The fourth-order valence-corrected chi connectivity index (χ4v) is 1.63. The smallest absolute Gasteiger partial charge is 0.264 e. The van der Waals surface area contributed by atoms with Crippen molar-refractivity contribution in [2.45, 2.75) is 0 Å². The van der Waals surface area contributed by atoms with Gasteiger partial charge in [0.05, 0.1) is 5.52 Å². The lowest BCUT2D eigenvalue weighted by molar-refractivity contribution is 0.985. The van der Waals surface area contributed by atoms with Crippen molar-refractivity contribution in [2.24, 2.45) is 0 Å². The molecule has 0 aliphatic rings. The second-order valence-corrected chi connectivity index (χ2v) is 3.71. The van der Waals surface area contributed by atoms with Crippen LogP contribution in [0.15, 0.2) is 29.1 Å². The quantitative estimate of drug-likeness (QED) is 0.615. The van der Waals surface area contributed by atoms with Crippen molar-refractivity contribution in [3.8, 4) is 11.5 Å². The van der Waals surface area contributed by atoms with E-state index in [9.17, 15) is 4.79 Å². The molecule has 7 nitrogen and oxygen atoms in total. The van der Waals surface area contributed by atoms with E-state index in [4.69, 9.17) is 0 Å². The van der Waals surface area contributed by atoms with Crippen LogP contribution in [-0.4, -0.2) is 32.2 Å². The summed E-state index contributed by atoms with van der Waals surface area (Å²) < 4.78 is 0. The Kier molecular flexibility index (Phi) is 2.30. The van der Waals surface area contributed by atoms with Gasteiger partial charge in [-0.15, -0.1) is 0 Å². The van der Waals surface area contributed by atoms with Crippen molar-refractivity contribution in [2.75, 3.05) is 12.4 Å². The number of aromatic amines is 2. The van der Waals surface area contributed by atoms with Crippen LogP contribution in [-0.2, 0) is 0 Å². The van der Waals surface area contributed by atoms with Gasteiger partial charge in [0.25, 0.3) is 5.56 Å². The Labute approximate surface area is 101 Å². The highest BCUT2D eigenvalue weighted by molar-refractivity contribution is 5.76. The molecule has 0 aliphatic carbocycles. The maximum absolute atomic E-state index is 10.9. The number of fused-ring (bicyclic) bond motifs is 1. The normalized spacial score (nSPS) is 10.7. The number of pyridine rings is 1. The first-order valence-electron chi connectivity index (χ1n) is 5.37. The molecule has 0 radical (unpaired) electrons. The van der Waals surface area contributed by atoms with Crippen LogP contribution in [0.5, 0.6) is 0 Å². The fourth-order valence-electron chi connectivity index (χ4n) is 1.63. The van der Waals surface area contributed by atoms with Crippen molar-refractivity contribution in [3.63, 3.8) is 0 Å². The average Bonchev–Trinajstić information content (AvgIpc) is 2.82. The van der Waals surface area contributed by atoms with E-state index < -0.39 is 0 Å². The minimum absolute atomic E-state index is 0.245. The topological polar surface area (TPSA) is 99.3 Å². The zero-order valence-electron chi connectivity index (χ0n) is 9.56. The van der Waals surface area contributed by atoms with E-state index in [0.29, 0.717) is 17.2 Å². The number of rotatable bonds is 2. The lowest BCUT2D eigenvalue weighted by atomic mass is 10.4. The molecule has 3 heterocycles. The van der Waals surface area contributed by atoms with Gasteiger partial charge in [0, 0.05) is 13.1 Å². The van der Waals surface area contributed by atoms with Gasteiger partial charge in [-0.25, -0.2) is 15.1 Å². The summed E-state index contributed by atoms with van der Waals surface area (Å²) in [6, 6.07) is 6.75. The van der Waals surface area contributed by atoms with Gasteiger partial charge in [-0.3, -0.25) is 4.79 Å². The Balaban J connectivity index is 2.12. The predicted octanol–water partition coefficient (Wildman–Crippen LogP) is 0.750. The molecule has 0 saturated carbocycles. The Morgan fingerprint density at radius 2 is 2.06 bits per heavy atom. The molecule has 90 valence electrons. The van der Waals surface area contributed by atoms with Gasteiger partial charge in [0.15, 0.2) is 11.5 Å². The number of anilines is 1. The van der Waals surface area contributed by atoms with Crippen molar-refractivity contribution < 1.29 is 0 Å². The summed E-state index contributed by atoms with van der Waals surface area (Å²) in [6.45, 7) is 0. The van der Waals surface area contributed by atoms with Gasteiger partial charge in [-0.2, -0.15) is 5.10 Å². The van der Waals surface area contributed by atoms with E-state index in [1.165, 1.54) is 6.07 Å². The van der Waals surface area contributed by atoms with E-state index in [2.05, 4.69) is 30.5 Å². The summed E-state index contributed by atoms with van der Waals surface area (Å²) in [4.78, 5) is 22.7. The summed E-state index contributed by atoms with van der Waals surface area (Å²) in [5.74, 6) is 1.32. The highest BCUT2D eigenvalue weighted by Crippen LogP contribution is 2.17. The minimum atomic E-state index is -0.245. The van der Waals surface area contributed by atoms with Crippen molar-refractivity contribution in [3.05, 3.63) is 34.6 Å². The van der Waals surface area contributed by atoms with E-state index in [-0.39, 0.29) is 5.56 Å². The van der Waals surface area contributed by atoms with Gasteiger partial charge in [0.2, 0.25) is 0 Å². The standard InChI is InChI=1S/C11H10N6O/c1-12-8-4-2-6-10(14-8)15-11(13-6)7-3-5-9(18)17-16-7/h2-5H,1H3,(H,17,18)(H2,12,13,14,15). The molecule has 0 aliphatic heterocycles. The minimum Gasteiger partial charge on any atom is -0.373 e. The van der Waals surface area contributed by atoms with Crippen LogP contribution in [0.2, 0.25) is 0 Å². The molecule has 18 heavy (non-hydrogen) atoms. The maximum Gasteiger partial charge on any atom is 0.264 e. The summed E-state index contributed by atoms with van der Waals surface area (Å²) in [7, 11) is 1.80. The molecule has 3 rings (SSSR count). The summed E-state index contributed by atoms with van der Waals surface area (Å²) in [6.07, 6.45) is 0. The third-order valence-electron chi connectivity index (χ3n) is 2.52. The van der Waals surface area contributed by atoms with Crippen LogP contribution >= 0.6 is 0 Å². The molecule has 3 N–H and O–H groups in total. The largest absolute Gasteiger partial charge is 0.373 e. The van der Waals surface area contributed by atoms with Crippen LogP contribution < -0.4 is 10.9 Å². The molecule has 0 bridgehead atoms. The molecular formula is C11H10N6O. The maximum atomic E-state index is 10.9. The first kappa shape index (κ1) is 10.5. The number of nitrogens with one attached hydrogen (secondary N) is 3. The van der Waals surface area contributed by atoms with Gasteiger partial charge >= 0.3 is 0 Å². The average molecular weight is 242 g/mol. The molecule has 0 aromatic carbocycles. The molecule has 0 spiro atoms. The van der Waals surface area contributed by atoms with Crippen molar-refractivity contribution in [1.82, 2.24) is 25.1 Å². The van der Waals surface area contributed by atoms with E-state index in [1.54, 1.807) is 13.1 Å². The van der Waals surface area contributed by atoms with Gasteiger partial charge < -0.3 is 10.3 Å². The van der Waals surface area contributed by atoms with Gasteiger partial charge in [-0.1, -0.05) is 0 Å². The van der Waals surface area contributed by atoms with E-state index >= 15 is 0 Å². The zero-order chi connectivity index (χ0) is 12.5. The number of hydrogen-bond acceptors (Lipinski definition) is 5. The number of hydrogen-bond donors (Lipinski definition) is 3. The van der Waals surface area contributed by atoms with E-state index in [0.717, 1.165) is 11.3 Å². The summed E-state index contributed by atoms with van der Waals surface area (Å²) in [5.41, 5.74) is 1.74. The van der Waals surface area contributed by atoms with Crippen LogP contribution in [0, 0.1) is 0 Å². The first-order chi connectivity index (χ1) is 8.76. The number of imidazole rings is 1. The summed E-state index contributed by atoms with van der Waals surface area (Å²) >= 11 is 0. The molecule has 0 amide bonds. The van der Waals surface area contributed by atoms with Gasteiger partial charge in [-0.05, 0) is 18.2 Å². The third-order valence-corrected chi connectivity index (χ3v) is 2.52. The van der Waals surface area contributed by atoms with Crippen molar-refractivity contribution >= 4 is 17.0 Å². The Hall–Kier alpha value is -2.70. The molecular weight excluding hydrogens is 232 g/mol. The molecule has 3 aromatic heterocycles. The van der Waals surface area contributed by atoms with Crippen LogP contribution in [0.3, 0.4) is 0 Å². The lowest BCUT2D eigenvalue weighted by Gasteiger charge is -1.95. The third kappa shape index (κ3) is 1.71. The molecule has 0 unspecified atom stereocenters. The second-order valence-electron chi connectivity index (χ2n) is 3.71. The van der Waals surface area contributed by atoms with Crippen LogP contribution in [0.1, 0.15) is 0 Å².